The summed E-state index contributed by atoms with van der Waals surface area (Å²) in [4.78, 5) is 22.5. The summed E-state index contributed by atoms with van der Waals surface area (Å²) in [5, 5.41) is 6.61. The third kappa shape index (κ3) is 4.72. The lowest BCUT2D eigenvalue weighted by atomic mass is 10.1. The Balaban J connectivity index is 1.27. The molecule has 1 fully saturated rings. The maximum Gasteiger partial charge on any atom is 0.243 e. The number of aromatic nitrogens is 2. The highest BCUT2D eigenvalue weighted by molar-refractivity contribution is 8.00. The van der Waals surface area contributed by atoms with E-state index in [4.69, 9.17) is 0 Å². The molecule has 0 saturated carbocycles. The Morgan fingerprint density at radius 2 is 1.76 bits per heavy atom. The summed E-state index contributed by atoms with van der Waals surface area (Å²) in [5.41, 5.74) is 2.69. The monoisotopic (exact) mass is 510 g/mol. The second-order valence-electron chi connectivity index (χ2n) is 7.85. The SMILES string of the molecule is O=C(CSc1ncnc2scc(-c3ccccc3)c12)Nc1ccc(S(=O)(=O)N2CCCC2)cc1. The molecule has 1 aliphatic rings. The van der Waals surface area contributed by atoms with Gasteiger partial charge in [-0.3, -0.25) is 4.79 Å². The highest BCUT2D eigenvalue weighted by Gasteiger charge is 2.27. The van der Waals surface area contributed by atoms with Gasteiger partial charge in [-0.15, -0.1) is 11.3 Å². The number of nitrogens with zero attached hydrogens (tertiary/aromatic N) is 3. The van der Waals surface area contributed by atoms with Gasteiger partial charge in [0.2, 0.25) is 15.9 Å². The molecule has 1 N–H and O–H groups in total. The van der Waals surface area contributed by atoms with Gasteiger partial charge in [0, 0.05) is 29.7 Å². The van der Waals surface area contributed by atoms with Gasteiger partial charge in [0.15, 0.2) is 0 Å². The van der Waals surface area contributed by atoms with Gasteiger partial charge in [-0.25, -0.2) is 18.4 Å². The zero-order valence-corrected chi connectivity index (χ0v) is 20.6. The van der Waals surface area contributed by atoms with E-state index < -0.39 is 10.0 Å². The van der Waals surface area contributed by atoms with E-state index in [-0.39, 0.29) is 16.6 Å². The van der Waals surface area contributed by atoms with Crippen LogP contribution in [0.2, 0.25) is 0 Å². The smallest absolute Gasteiger partial charge is 0.243 e. The van der Waals surface area contributed by atoms with E-state index in [1.165, 1.54) is 22.4 Å². The van der Waals surface area contributed by atoms with Crippen molar-refractivity contribution in [1.82, 2.24) is 14.3 Å². The fourth-order valence-electron chi connectivity index (χ4n) is 3.91. The largest absolute Gasteiger partial charge is 0.325 e. The Morgan fingerprint density at radius 3 is 2.50 bits per heavy atom. The number of carbonyl (C=O) groups is 1. The second kappa shape index (κ2) is 9.83. The maximum atomic E-state index is 12.7. The number of thioether (sulfide) groups is 1. The van der Waals surface area contributed by atoms with Crippen LogP contribution in [0.1, 0.15) is 12.8 Å². The zero-order valence-electron chi connectivity index (χ0n) is 18.2. The van der Waals surface area contributed by atoms with Gasteiger partial charge in [-0.2, -0.15) is 4.31 Å². The van der Waals surface area contributed by atoms with Gasteiger partial charge in [0.25, 0.3) is 0 Å². The minimum atomic E-state index is -3.47. The molecule has 0 unspecified atom stereocenters. The summed E-state index contributed by atoms with van der Waals surface area (Å²) < 4.78 is 26.8. The van der Waals surface area contributed by atoms with Crippen LogP contribution >= 0.6 is 23.1 Å². The molecule has 3 heterocycles. The molecule has 0 atom stereocenters. The molecule has 1 amide bonds. The molecule has 0 bridgehead atoms. The van der Waals surface area contributed by atoms with Gasteiger partial charge in [0.05, 0.1) is 16.0 Å². The molecule has 0 aliphatic carbocycles. The van der Waals surface area contributed by atoms with Crippen molar-refractivity contribution < 1.29 is 13.2 Å². The minimum Gasteiger partial charge on any atom is -0.325 e. The standard InChI is InChI=1S/C24H22N4O3S3/c29-21(27-18-8-10-19(11-9-18)34(30,31)28-12-4-5-13-28)15-33-24-22-20(17-6-2-1-3-7-17)14-32-23(22)25-16-26-24/h1-3,6-11,14,16H,4-5,12-13,15H2,(H,27,29). The number of thiophene rings is 1. The van der Waals surface area contributed by atoms with Crippen LogP contribution in [0.25, 0.3) is 21.3 Å². The van der Waals surface area contributed by atoms with Gasteiger partial charge in [0.1, 0.15) is 16.2 Å². The number of fused-ring (bicyclic) bond motifs is 1. The first-order valence-electron chi connectivity index (χ1n) is 10.8. The number of nitrogens with one attached hydrogen (secondary N) is 1. The van der Waals surface area contributed by atoms with Gasteiger partial charge in [-0.1, -0.05) is 42.1 Å². The van der Waals surface area contributed by atoms with E-state index in [0.29, 0.717) is 18.8 Å². The quantitative estimate of drug-likeness (QED) is 0.282. The first-order chi connectivity index (χ1) is 16.5. The number of benzene rings is 2. The summed E-state index contributed by atoms with van der Waals surface area (Å²) in [6, 6.07) is 16.4. The zero-order chi connectivity index (χ0) is 23.5. The molecule has 34 heavy (non-hydrogen) atoms. The summed E-state index contributed by atoms with van der Waals surface area (Å²) in [6.07, 6.45) is 3.30. The third-order valence-electron chi connectivity index (χ3n) is 5.60. The molecule has 10 heteroatoms. The van der Waals surface area contributed by atoms with Crippen LogP contribution in [-0.2, 0) is 14.8 Å². The number of amides is 1. The van der Waals surface area contributed by atoms with Gasteiger partial charge >= 0.3 is 0 Å². The number of anilines is 1. The van der Waals surface area contributed by atoms with E-state index in [2.05, 4.69) is 20.7 Å². The van der Waals surface area contributed by atoms with Crippen LogP contribution in [0.4, 0.5) is 5.69 Å². The van der Waals surface area contributed by atoms with E-state index in [1.54, 1.807) is 35.6 Å². The van der Waals surface area contributed by atoms with Crippen molar-refractivity contribution in [2.75, 3.05) is 24.2 Å². The third-order valence-corrected chi connectivity index (χ3v) is 9.39. The first kappa shape index (κ1) is 23.0. The molecule has 2 aromatic heterocycles. The van der Waals surface area contributed by atoms with Crippen molar-refractivity contribution in [2.45, 2.75) is 22.8 Å². The number of sulfonamides is 1. The summed E-state index contributed by atoms with van der Waals surface area (Å²) in [7, 11) is -3.47. The second-order valence-corrected chi connectivity index (χ2v) is 11.6. The van der Waals surface area contributed by atoms with Crippen molar-refractivity contribution in [2.24, 2.45) is 0 Å². The molecule has 4 aromatic rings. The number of hydrogen-bond donors (Lipinski definition) is 1. The number of hydrogen-bond acceptors (Lipinski definition) is 7. The van der Waals surface area contributed by atoms with Crippen LogP contribution in [0, 0.1) is 0 Å². The average Bonchev–Trinajstić information content (AvgIpc) is 3.55. The van der Waals surface area contributed by atoms with E-state index in [9.17, 15) is 13.2 Å². The lowest BCUT2D eigenvalue weighted by Crippen LogP contribution is -2.27. The Bertz CT molecular complexity index is 1420. The maximum absolute atomic E-state index is 12.7. The molecule has 2 aromatic carbocycles. The fraction of sp³-hybridized carbons (Fsp3) is 0.208. The Morgan fingerprint density at radius 1 is 1.03 bits per heavy atom. The predicted octanol–water partition coefficient (Wildman–Crippen LogP) is 4.87. The lowest BCUT2D eigenvalue weighted by Gasteiger charge is -2.15. The Kier molecular flexibility index (Phi) is 6.64. The lowest BCUT2D eigenvalue weighted by molar-refractivity contribution is -0.113. The van der Waals surface area contributed by atoms with Crippen LogP contribution in [0.5, 0.6) is 0 Å². The predicted molar refractivity (Wildman–Crippen MR) is 137 cm³/mol. The number of rotatable bonds is 7. The molecule has 5 rings (SSSR count). The van der Waals surface area contributed by atoms with Crippen LogP contribution < -0.4 is 5.32 Å². The topological polar surface area (TPSA) is 92.3 Å². The van der Waals surface area contributed by atoms with Crippen LogP contribution in [0.15, 0.2) is 76.2 Å². The Hall–Kier alpha value is -2.79. The summed E-state index contributed by atoms with van der Waals surface area (Å²) >= 11 is 2.91. The van der Waals surface area contributed by atoms with Crippen LogP contribution in [-0.4, -0.2) is 47.4 Å². The number of carbonyl (C=O) groups excluding carboxylic acids is 1. The first-order valence-corrected chi connectivity index (χ1v) is 14.1. The molecular weight excluding hydrogens is 488 g/mol. The summed E-state index contributed by atoms with van der Waals surface area (Å²) in [5.74, 6) is -0.0206. The average molecular weight is 511 g/mol. The van der Waals surface area contributed by atoms with Crippen molar-refractivity contribution in [3.8, 4) is 11.1 Å². The minimum absolute atomic E-state index is 0.171. The molecule has 174 valence electrons. The fourth-order valence-corrected chi connectivity index (χ4v) is 7.22. The van der Waals surface area contributed by atoms with Crippen molar-refractivity contribution in [3.05, 3.63) is 66.3 Å². The van der Waals surface area contributed by atoms with Crippen LogP contribution in [0.3, 0.4) is 0 Å². The normalized spacial score (nSPS) is 14.5. The van der Waals surface area contributed by atoms with E-state index >= 15 is 0 Å². The molecule has 7 nitrogen and oxygen atoms in total. The van der Waals surface area contributed by atoms with Crippen molar-refractivity contribution >= 4 is 54.9 Å². The Labute approximate surface area is 206 Å². The van der Waals surface area contributed by atoms with Crippen molar-refractivity contribution in [3.63, 3.8) is 0 Å². The van der Waals surface area contributed by atoms with E-state index in [0.717, 1.165) is 39.2 Å². The van der Waals surface area contributed by atoms with Gasteiger partial charge in [-0.05, 0) is 42.7 Å². The molecule has 0 spiro atoms. The molecule has 0 radical (unpaired) electrons. The van der Waals surface area contributed by atoms with E-state index in [1.807, 2.05) is 30.3 Å². The van der Waals surface area contributed by atoms with Crippen molar-refractivity contribution in [1.29, 1.82) is 0 Å². The summed E-state index contributed by atoms with van der Waals surface area (Å²) in [6.45, 7) is 1.12. The van der Waals surface area contributed by atoms with Gasteiger partial charge < -0.3 is 5.32 Å². The highest BCUT2D eigenvalue weighted by Crippen LogP contribution is 2.37. The molecule has 1 saturated heterocycles. The molecule has 1 aliphatic heterocycles. The molecular formula is C24H22N4O3S3. The highest BCUT2D eigenvalue weighted by atomic mass is 32.2.